The van der Waals surface area contributed by atoms with Gasteiger partial charge in [-0.15, -0.1) is 0 Å². The number of carbonyl (C=O) groups excluding carboxylic acids is 1. The average molecular weight is 483 g/mol. The fraction of sp³-hybridized carbons (Fsp3) is 0.522. The van der Waals surface area contributed by atoms with Gasteiger partial charge >= 0.3 is 12.1 Å². The molecule has 2 aliphatic rings. The van der Waals surface area contributed by atoms with Crippen LogP contribution in [0.1, 0.15) is 48.2 Å². The zero-order valence-corrected chi connectivity index (χ0v) is 18.9. The average Bonchev–Trinajstić information content (AvgIpc) is 3.24. The van der Waals surface area contributed by atoms with Crippen LogP contribution in [0.4, 0.5) is 13.2 Å². The van der Waals surface area contributed by atoms with E-state index in [0.29, 0.717) is 19.6 Å². The number of H-pyrrole nitrogens is 1. The maximum Gasteiger partial charge on any atom is 0.490 e. The number of nitrogens with one attached hydrogen (secondary N) is 2. The van der Waals surface area contributed by atoms with E-state index in [-0.39, 0.29) is 17.9 Å². The summed E-state index contributed by atoms with van der Waals surface area (Å²) in [5.74, 6) is -2.33. The summed E-state index contributed by atoms with van der Waals surface area (Å²) in [6.45, 7) is 5.89. The summed E-state index contributed by atoms with van der Waals surface area (Å²) in [7, 11) is 0. The van der Waals surface area contributed by atoms with Crippen LogP contribution in [0, 0.1) is 0 Å². The molecule has 186 valence electrons. The maximum atomic E-state index is 12.8. The van der Waals surface area contributed by atoms with Crippen LogP contribution in [-0.4, -0.2) is 70.6 Å². The predicted octanol–water partition coefficient (Wildman–Crippen LogP) is 2.85. The number of amides is 1. The summed E-state index contributed by atoms with van der Waals surface area (Å²) in [4.78, 5) is 23.7. The summed E-state index contributed by atoms with van der Waals surface area (Å²) < 4.78 is 37.4. The van der Waals surface area contributed by atoms with E-state index >= 15 is 0 Å². The molecule has 2 aliphatic heterocycles. The Hall–Kier alpha value is -2.92. The van der Waals surface area contributed by atoms with Crippen LogP contribution in [0.15, 0.2) is 30.3 Å². The highest BCUT2D eigenvalue weighted by Crippen LogP contribution is 2.32. The predicted molar refractivity (Wildman–Crippen MR) is 117 cm³/mol. The van der Waals surface area contributed by atoms with E-state index in [1.165, 1.54) is 16.8 Å². The lowest BCUT2D eigenvalue weighted by Gasteiger charge is -2.30. The number of carboxylic acids is 1. The Balaban J connectivity index is 0.000000406. The zero-order chi connectivity index (χ0) is 24.7. The van der Waals surface area contributed by atoms with Crippen molar-refractivity contribution >= 4 is 11.9 Å². The van der Waals surface area contributed by atoms with Gasteiger partial charge < -0.3 is 20.1 Å². The molecule has 0 aliphatic carbocycles. The Morgan fingerprint density at radius 3 is 2.59 bits per heavy atom. The molecule has 34 heavy (non-hydrogen) atoms. The number of morpholine rings is 1. The minimum Gasteiger partial charge on any atom is -0.475 e. The number of benzene rings is 1. The second-order valence-electron chi connectivity index (χ2n) is 8.21. The largest absolute Gasteiger partial charge is 0.490 e. The zero-order valence-electron chi connectivity index (χ0n) is 18.9. The second kappa shape index (κ2) is 11.5. The quantitative estimate of drug-likeness (QED) is 0.605. The number of aliphatic carboxylic acids is 1. The van der Waals surface area contributed by atoms with Gasteiger partial charge in [0.2, 0.25) is 5.91 Å². The summed E-state index contributed by atoms with van der Waals surface area (Å²) in [5, 5.41) is 18.3. The van der Waals surface area contributed by atoms with Gasteiger partial charge in [-0.2, -0.15) is 18.3 Å². The van der Waals surface area contributed by atoms with Crippen LogP contribution in [-0.2, 0) is 27.3 Å². The number of aromatic nitrogens is 2. The van der Waals surface area contributed by atoms with E-state index in [4.69, 9.17) is 14.6 Å². The van der Waals surface area contributed by atoms with Crippen LogP contribution >= 0.6 is 0 Å². The molecule has 1 fully saturated rings. The van der Waals surface area contributed by atoms with E-state index in [1.807, 2.05) is 11.0 Å². The van der Waals surface area contributed by atoms with Crippen molar-refractivity contribution in [3.63, 3.8) is 0 Å². The van der Waals surface area contributed by atoms with E-state index in [9.17, 15) is 18.0 Å². The number of fused-ring (bicyclic) bond motifs is 1. The Morgan fingerprint density at radius 1 is 1.29 bits per heavy atom. The molecule has 0 bridgehead atoms. The number of nitrogens with zero attached hydrogens (tertiary/aromatic N) is 2. The third kappa shape index (κ3) is 6.57. The summed E-state index contributed by atoms with van der Waals surface area (Å²) in [6, 6.07) is 10.5. The van der Waals surface area contributed by atoms with Gasteiger partial charge in [-0.25, -0.2) is 4.79 Å². The van der Waals surface area contributed by atoms with Crippen molar-refractivity contribution in [2.45, 2.75) is 50.9 Å². The van der Waals surface area contributed by atoms with Crippen LogP contribution < -0.4 is 5.32 Å². The third-order valence-electron chi connectivity index (χ3n) is 5.91. The van der Waals surface area contributed by atoms with Gasteiger partial charge in [0.15, 0.2) is 0 Å². The van der Waals surface area contributed by atoms with Crippen molar-refractivity contribution in [2.24, 2.45) is 0 Å². The minimum absolute atomic E-state index is 0.0100. The molecule has 1 amide bonds. The summed E-state index contributed by atoms with van der Waals surface area (Å²) in [5.41, 5.74) is 4.75. The number of alkyl halides is 3. The van der Waals surface area contributed by atoms with Crippen LogP contribution in [0.2, 0.25) is 0 Å². The smallest absolute Gasteiger partial charge is 0.475 e. The maximum absolute atomic E-state index is 12.8. The number of aromatic amines is 1. The molecule has 1 aromatic carbocycles. The molecular weight excluding hydrogens is 453 g/mol. The van der Waals surface area contributed by atoms with Gasteiger partial charge in [0.05, 0.1) is 24.8 Å². The molecule has 3 heterocycles. The monoisotopic (exact) mass is 482 g/mol. The Kier molecular flexibility index (Phi) is 8.67. The van der Waals surface area contributed by atoms with E-state index in [1.54, 1.807) is 0 Å². The molecule has 2 aromatic rings. The van der Waals surface area contributed by atoms with Gasteiger partial charge in [-0.1, -0.05) is 37.3 Å². The molecule has 0 spiro atoms. The molecule has 2 unspecified atom stereocenters. The fourth-order valence-corrected chi connectivity index (χ4v) is 4.17. The van der Waals surface area contributed by atoms with E-state index in [0.717, 1.165) is 38.2 Å². The Morgan fingerprint density at radius 2 is 2.00 bits per heavy atom. The topological polar surface area (TPSA) is 108 Å². The van der Waals surface area contributed by atoms with Gasteiger partial charge in [-0.3, -0.25) is 9.89 Å². The lowest BCUT2D eigenvalue weighted by molar-refractivity contribution is -0.192. The molecule has 1 saturated heterocycles. The second-order valence-corrected chi connectivity index (χ2v) is 8.21. The number of rotatable bonds is 5. The molecule has 1 aromatic heterocycles. The molecule has 3 N–H and O–H groups in total. The SMILES string of the molecule is CCC(c1ccccc1)c1n[nH]c2c1CN(C(=O)CC1CNCCO1)CC2.O=C(O)C(F)(F)F. The molecule has 2 atom stereocenters. The third-order valence-corrected chi connectivity index (χ3v) is 5.91. The first kappa shape index (κ1) is 25.7. The first-order valence-corrected chi connectivity index (χ1v) is 11.2. The van der Waals surface area contributed by atoms with Crippen molar-refractivity contribution in [3.05, 3.63) is 52.8 Å². The summed E-state index contributed by atoms with van der Waals surface area (Å²) >= 11 is 0. The molecular formula is C23H29F3N4O4. The van der Waals surface area contributed by atoms with E-state index < -0.39 is 12.1 Å². The van der Waals surface area contributed by atoms with Crippen LogP contribution in [0.5, 0.6) is 0 Å². The lowest BCUT2D eigenvalue weighted by atomic mass is 9.89. The van der Waals surface area contributed by atoms with Gasteiger partial charge in [-0.05, 0) is 12.0 Å². The van der Waals surface area contributed by atoms with Gasteiger partial charge in [0.25, 0.3) is 0 Å². The highest BCUT2D eigenvalue weighted by molar-refractivity contribution is 5.77. The standard InChI is InChI=1S/C21H28N4O2.C2HF3O2/c1-2-17(15-6-4-3-5-7-15)21-18-14-25(10-8-19(18)23-24-21)20(26)12-16-13-22-9-11-27-16;3-2(4,5)1(6)7/h3-7,16-17,22H,2,8-14H2,1H3,(H,23,24);(H,6,7). The Bertz CT molecular complexity index is 959. The molecule has 4 rings (SSSR count). The Labute approximate surface area is 195 Å². The van der Waals surface area contributed by atoms with E-state index in [2.05, 4.69) is 46.7 Å². The molecule has 0 saturated carbocycles. The van der Waals surface area contributed by atoms with Gasteiger partial charge in [0, 0.05) is 49.8 Å². The molecule has 0 radical (unpaired) electrons. The molecule has 8 nitrogen and oxygen atoms in total. The van der Waals surface area contributed by atoms with Crippen LogP contribution in [0.25, 0.3) is 0 Å². The minimum atomic E-state index is -5.08. The number of hydrogen-bond donors (Lipinski definition) is 3. The fourth-order valence-electron chi connectivity index (χ4n) is 4.17. The number of halogens is 3. The normalized spacial score (nSPS) is 18.9. The highest BCUT2D eigenvalue weighted by atomic mass is 19.4. The number of carbonyl (C=O) groups is 2. The number of ether oxygens (including phenoxy) is 1. The number of carboxylic acid groups (broad SMARTS) is 1. The highest BCUT2D eigenvalue weighted by Gasteiger charge is 2.38. The van der Waals surface area contributed by atoms with Crippen molar-refractivity contribution in [1.29, 1.82) is 0 Å². The van der Waals surface area contributed by atoms with Crippen molar-refractivity contribution < 1.29 is 32.6 Å². The van der Waals surface area contributed by atoms with Gasteiger partial charge in [0.1, 0.15) is 0 Å². The van der Waals surface area contributed by atoms with Crippen molar-refractivity contribution in [3.8, 4) is 0 Å². The number of hydrogen-bond acceptors (Lipinski definition) is 5. The van der Waals surface area contributed by atoms with Crippen LogP contribution in [0.3, 0.4) is 0 Å². The first-order valence-electron chi connectivity index (χ1n) is 11.2. The first-order chi connectivity index (χ1) is 16.2. The van der Waals surface area contributed by atoms with Crippen molar-refractivity contribution in [2.75, 3.05) is 26.2 Å². The lowest BCUT2D eigenvalue weighted by Crippen LogP contribution is -2.43. The molecule has 11 heteroatoms. The summed E-state index contributed by atoms with van der Waals surface area (Å²) in [6.07, 6.45) is -2.82. The van der Waals surface area contributed by atoms with Crippen molar-refractivity contribution in [1.82, 2.24) is 20.4 Å².